The Balaban J connectivity index is 2.59. The van der Waals surface area contributed by atoms with Gasteiger partial charge in [-0.25, -0.2) is 4.98 Å². The highest BCUT2D eigenvalue weighted by atomic mass is 35.5. The number of amides is 1. The van der Waals surface area contributed by atoms with Gasteiger partial charge in [0.15, 0.2) is 0 Å². The first-order chi connectivity index (χ1) is 7.83. The molecule has 0 bridgehead atoms. The topological polar surface area (TPSA) is 42.0 Å². The van der Waals surface area contributed by atoms with Crippen molar-refractivity contribution in [3.8, 4) is 0 Å². The van der Waals surface area contributed by atoms with Gasteiger partial charge < -0.3 is 5.32 Å². The third-order valence-electron chi connectivity index (χ3n) is 3.26. The number of pyridine rings is 1. The van der Waals surface area contributed by atoms with Crippen LogP contribution in [0.25, 0.3) is 0 Å². The van der Waals surface area contributed by atoms with Crippen molar-refractivity contribution < 1.29 is 4.79 Å². The Morgan fingerprint density at radius 1 is 1.47 bits per heavy atom. The molecule has 1 rings (SSSR count). The fraction of sp³-hybridized carbons (Fsp3) is 0.538. The lowest BCUT2D eigenvalue weighted by Crippen LogP contribution is -2.36. The Morgan fingerprint density at radius 2 is 2.12 bits per heavy atom. The first-order valence-electron chi connectivity index (χ1n) is 5.72. The molecule has 0 atom stereocenters. The van der Waals surface area contributed by atoms with Crippen molar-refractivity contribution in [2.75, 3.05) is 6.54 Å². The van der Waals surface area contributed by atoms with Crippen LogP contribution < -0.4 is 5.32 Å². The lowest BCUT2D eigenvalue weighted by molar-refractivity contribution is 0.0924. The van der Waals surface area contributed by atoms with Crippen molar-refractivity contribution in [2.45, 2.75) is 27.7 Å². The minimum absolute atomic E-state index is 0.0789. The van der Waals surface area contributed by atoms with E-state index in [-0.39, 0.29) is 11.3 Å². The molecule has 0 radical (unpaired) electrons. The van der Waals surface area contributed by atoms with E-state index >= 15 is 0 Å². The van der Waals surface area contributed by atoms with Crippen molar-refractivity contribution in [1.82, 2.24) is 10.3 Å². The average Bonchev–Trinajstić information content (AvgIpc) is 2.27. The largest absolute Gasteiger partial charge is 0.351 e. The first kappa shape index (κ1) is 14.0. The summed E-state index contributed by atoms with van der Waals surface area (Å²) < 4.78 is 0. The second-order valence-electron chi connectivity index (χ2n) is 5.20. The van der Waals surface area contributed by atoms with Crippen molar-refractivity contribution >= 4 is 17.5 Å². The first-order valence-corrected chi connectivity index (χ1v) is 6.10. The number of rotatable bonds is 4. The van der Waals surface area contributed by atoms with Gasteiger partial charge in [0.05, 0.1) is 5.56 Å². The molecule has 1 amide bonds. The minimum Gasteiger partial charge on any atom is -0.351 e. The van der Waals surface area contributed by atoms with E-state index in [1.165, 1.54) is 6.20 Å². The van der Waals surface area contributed by atoms with E-state index in [1.807, 2.05) is 0 Å². The fourth-order valence-corrected chi connectivity index (χ4v) is 1.24. The molecule has 0 aliphatic carbocycles. The number of carbonyl (C=O) groups is 1. The average molecular weight is 255 g/mol. The summed E-state index contributed by atoms with van der Waals surface area (Å²) in [4.78, 5) is 15.7. The van der Waals surface area contributed by atoms with E-state index in [2.05, 4.69) is 38.0 Å². The molecule has 3 nitrogen and oxygen atoms in total. The van der Waals surface area contributed by atoms with Gasteiger partial charge in [0, 0.05) is 12.7 Å². The Hall–Kier alpha value is -1.09. The van der Waals surface area contributed by atoms with E-state index in [4.69, 9.17) is 11.6 Å². The molecule has 4 heteroatoms. The number of nitrogens with one attached hydrogen (secondary N) is 1. The summed E-state index contributed by atoms with van der Waals surface area (Å²) in [5.41, 5.74) is 0.615. The second kappa shape index (κ2) is 5.50. The number of hydrogen-bond acceptors (Lipinski definition) is 2. The highest BCUT2D eigenvalue weighted by Crippen LogP contribution is 2.24. The standard InChI is InChI=1S/C13H19ClN2O/c1-9(2)13(3,4)8-16-12(17)10-5-6-11(14)15-7-10/h5-7,9H,8H2,1-4H3,(H,16,17). The van der Waals surface area contributed by atoms with Gasteiger partial charge in [-0.05, 0) is 23.5 Å². The van der Waals surface area contributed by atoms with Crippen molar-refractivity contribution in [3.63, 3.8) is 0 Å². The van der Waals surface area contributed by atoms with Gasteiger partial charge in [0.2, 0.25) is 0 Å². The fourth-order valence-electron chi connectivity index (χ4n) is 1.12. The molecule has 17 heavy (non-hydrogen) atoms. The van der Waals surface area contributed by atoms with Crippen molar-refractivity contribution in [2.24, 2.45) is 11.3 Å². The SMILES string of the molecule is CC(C)C(C)(C)CNC(=O)c1ccc(Cl)nc1. The molecule has 0 spiro atoms. The van der Waals surface area contributed by atoms with E-state index in [0.29, 0.717) is 23.2 Å². The zero-order valence-corrected chi connectivity index (χ0v) is 11.5. The van der Waals surface area contributed by atoms with Gasteiger partial charge in [0.1, 0.15) is 5.15 Å². The van der Waals surface area contributed by atoms with Crippen LogP contribution in [-0.2, 0) is 0 Å². The summed E-state index contributed by atoms with van der Waals surface area (Å²) in [5, 5.41) is 3.31. The van der Waals surface area contributed by atoms with E-state index in [1.54, 1.807) is 12.1 Å². The molecular weight excluding hydrogens is 236 g/mol. The predicted molar refractivity (Wildman–Crippen MR) is 70.2 cm³/mol. The summed E-state index contributed by atoms with van der Waals surface area (Å²) in [6.45, 7) is 9.22. The third-order valence-corrected chi connectivity index (χ3v) is 3.48. The molecular formula is C13H19ClN2O. The van der Waals surface area contributed by atoms with Gasteiger partial charge in [-0.3, -0.25) is 4.79 Å². The number of nitrogens with zero attached hydrogens (tertiary/aromatic N) is 1. The zero-order chi connectivity index (χ0) is 13.1. The van der Waals surface area contributed by atoms with E-state index in [0.717, 1.165) is 0 Å². The van der Waals surface area contributed by atoms with Crippen LogP contribution in [0, 0.1) is 11.3 Å². The van der Waals surface area contributed by atoms with Crippen LogP contribution in [0.2, 0.25) is 5.15 Å². The molecule has 1 aromatic heterocycles. The molecule has 1 heterocycles. The lowest BCUT2D eigenvalue weighted by Gasteiger charge is -2.29. The van der Waals surface area contributed by atoms with Crippen LogP contribution in [0.4, 0.5) is 0 Å². The Kier molecular flexibility index (Phi) is 4.52. The van der Waals surface area contributed by atoms with Crippen LogP contribution in [0.1, 0.15) is 38.1 Å². The summed E-state index contributed by atoms with van der Waals surface area (Å²) in [7, 11) is 0. The molecule has 0 aliphatic rings. The van der Waals surface area contributed by atoms with Crippen LogP contribution in [0.15, 0.2) is 18.3 Å². The molecule has 0 aromatic carbocycles. The van der Waals surface area contributed by atoms with Crippen LogP contribution in [-0.4, -0.2) is 17.4 Å². The molecule has 94 valence electrons. The van der Waals surface area contributed by atoms with Gasteiger partial charge in [-0.1, -0.05) is 39.3 Å². The van der Waals surface area contributed by atoms with Crippen molar-refractivity contribution in [3.05, 3.63) is 29.0 Å². The quantitative estimate of drug-likeness (QED) is 0.839. The zero-order valence-electron chi connectivity index (χ0n) is 10.7. The molecule has 0 saturated heterocycles. The maximum atomic E-state index is 11.8. The second-order valence-corrected chi connectivity index (χ2v) is 5.58. The monoisotopic (exact) mass is 254 g/mol. The summed E-state index contributed by atoms with van der Waals surface area (Å²) in [6.07, 6.45) is 1.49. The minimum atomic E-state index is -0.108. The van der Waals surface area contributed by atoms with Gasteiger partial charge in [-0.2, -0.15) is 0 Å². The molecule has 0 fully saturated rings. The third kappa shape index (κ3) is 4.00. The van der Waals surface area contributed by atoms with E-state index in [9.17, 15) is 4.79 Å². The smallest absolute Gasteiger partial charge is 0.252 e. The Bertz CT molecular complexity index is 385. The predicted octanol–water partition coefficient (Wildman–Crippen LogP) is 3.15. The number of carbonyl (C=O) groups excluding carboxylic acids is 1. The van der Waals surface area contributed by atoms with Crippen LogP contribution in [0.5, 0.6) is 0 Å². The normalized spacial score (nSPS) is 11.6. The van der Waals surface area contributed by atoms with Gasteiger partial charge in [0.25, 0.3) is 5.91 Å². The molecule has 0 saturated carbocycles. The van der Waals surface area contributed by atoms with Gasteiger partial charge in [-0.15, -0.1) is 0 Å². The molecule has 1 N–H and O–H groups in total. The number of aromatic nitrogens is 1. The summed E-state index contributed by atoms with van der Waals surface area (Å²) in [6, 6.07) is 3.29. The van der Waals surface area contributed by atoms with Crippen molar-refractivity contribution in [1.29, 1.82) is 0 Å². The summed E-state index contributed by atoms with van der Waals surface area (Å²) >= 11 is 5.66. The highest BCUT2D eigenvalue weighted by molar-refractivity contribution is 6.29. The maximum absolute atomic E-state index is 11.8. The maximum Gasteiger partial charge on any atom is 0.252 e. The lowest BCUT2D eigenvalue weighted by atomic mass is 9.81. The van der Waals surface area contributed by atoms with E-state index < -0.39 is 0 Å². The number of hydrogen-bond donors (Lipinski definition) is 1. The molecule has 0 unspecified atom stereocenters. The molecule has 1 aromatic rings. The van der Waals surface area contributed by atoms with Crippen LogP contribution >= 0.6 is 11.6 Å². The summed E-state index contributed by atoms with van der Waals surface area (Å²) in [5.74, 6) is 0.397. The number of halogens is 1. The van der Waals surface area contributed by atoms with Crippen LogP contribution in [0.3, 0.4) is 0 Å². The molecule has 0 aliphatic heterocycles. The Morgan fingerprint density at radius 3 is 2.59 bits per heavy atom. The van der Waals surface area contributed by atoms with Gasteiger partial charge >= 0.3 is 0 Å². The Labute approximate surface area is 108 Å². The highest BCUT2D eigenvalue weighted by Gasteiger charge is 2.23.